The van der Waals surface area contributed by atoms with Gasteiger partial charge in [-0.1, -0.05) is 48.1 Å². The number of aromatic nitrogens is 1. The van der Waals surface area contributed by atoms with E-state index in [2.05, 4.69) is 50.0 Å². The maximum absolute atomic E-state index is 5.71. The van der Waals surface area contributed by atoms with Crippen LogP contribution in [0.25, 0.3) is 10.9 Å². The van der Waals surface area contributed by atoms with Crippen LogP contribution in [0.2, 0.25) is 0 Å². The third kappa shape index (κ3) is 3.40. The second-order valence-electron chi connectivity index (χ2n) is 5.96. The average Bonchev–Trinajstić information content (AvgIpc) is 2.54. The second kappa shape index (κ2) is 6.47. The van der Waals surface area contributed by atoms with Crippen molar-refractivity contribution in [1.29, 1.82) is 0 Å². The molecule has 0 unspecified atom stereocenters. The fourth-order valence-electron chi connectivity index (χ4n) is 2.75. The van der Waals surface area contributed by atoms with Gasteiger partial charge >= 0.3 is 0 Å². The van der Waals surface area contributed by atoms with E-state index in [0.29, 0.717) is 0 Å². The molecule has 2 aromatic carbocycles. The molecule has 0 amide bonds. The molecule has 0 aliphatic heterocycles. The van der Waals surface area contributed by atoms with Crippen LogP contribution in [-0.2, 0) is 6.42 Å². The molecule has 0 saturated carbocycles. The molecule has 116 valence electrons. The van der Waals surface area contributed by atoms with Crippen molar-refractivity contribution >= 4 is 34.5 Å². The zero-order valence-electron chi connectivity index (χ0n) is 13.7. The van der Waals surface area contributed by atoms with E-state index >= 15 is 0 Å². The molecular formula is C20H20N2S. The lowest BCUT2D eigenvalue weighted by molar-refractivity contribution is 1.14. The van der Waals surface area contributed by atoms with E-state index in [9.17, 15) is 0 Å². The lowest BCUT2D eigenvalue weighted by Crippen LogP contribution is -2.03. The summed E-state index contributed by atoms with van der Waals surface area (Å²) < 4.78 is 0.926. The number of rotatable bonds is 3. The van der Waals surface area contributed by atoms with Gasteiger partial charge in [-0.15, -0.1) is 0 Å². The van der Waals surface area contributed by atoms with Crippen molar-refractivity contribution in [3.8, 4) is 0 Å². The van der Waals surface area contributed by atoms with Gasteiger partial charge < -0.3 is 4.98 Å². The number of hydrogen-bond acceptors (Lipinski definition) is 2. The van der Waals surface area contributed by atoms with Crippen molar-refractivity contribution < 1.29 is 0 Å². The summed E-state index contributed by atoms with van der Waals surface area (Å²) in [4.78, 5) is 8.17. The van der Waals surface area contributed by atoms with Crippen LogP contribution in [0.5, 0.6) is 0 Å². The van der Waals surface area contributed by atoms with Crippen LogP contribution < -0.4 is 0 Å². The number of pyridine rings is 1. The number of H-pyrrole nitrogens is 1. The minimum absolute atomic E-state index is 0.764. The second-order valence-corrected chi connectivity index (χ2v) is 6.37. The monoisotopic (exact) mass is 320 g/mol. The van der Waals surface area contributed by atoms with Crippen LogP contribution in [0.4, 0.5) is 5.69 Å². The fourth-order valence-corrected chi connectivity index (χ4v) is 3.15. The Kier molecular flexibility index (Phi) is 4.39. The van der Waals surface area contributed by atoms with Crippen LogP contribution in [-0.4, -0.2) is 10.7 Å². The first-order valence-corrected chi connectivity index (χ1v) is 8.17. The van der Waals surface area contributed by atoms with E-state index in [1.807, 2.05) is 24.3 Å². The van der Waals surface area contributed by atoms with Crippen LogP contribution in [0, 0.1) is 18.4 Å². The van der Waals surface area contributed by atoms with Crippen molar-refractivity contribution in [3.63, 3.8) is 0 Å². The van der Waals surface area contributed by atoms with Gasteiger partial charge in [-0.3, -0.25) is 4.99 Å². The largest absolute Gasteiger partial charge is 0.358 e. The Morgan fingerprint density at radius 2 is 1.74 bits per heavy atom. The summed E-state index contributed by atoms with van der Waals surface area (Å²) in [6.07, 6.45) is 0.764. The fraction of sp³-hybridized carbons (Fsp3) is 0.200. The van der Waals surface area contributed by atoms with Crippen LogP contribution in [0.3, 0.4) is 0 Å². The van der Waals surface area contributed by atoms with E-state index in [-0.39, 0.29) is 0 Å². The van der Waals surface area contributed by atoms with Gasteiger partial charge in [-0.05, 0) is 44.5 Å². The smallest absolute Gasteiger partial charge is 0.0629 e. The van der Waals surface area contributed by atoms with Crippen LogP contribution in [0.15, 0.2) is 53.5 Å². The van der Waals surface area contributed by atoms with Gasteiger partial charge in [0, 0.05) is 28.7 Å². The Balaban J connectivity index is 1.97. The van der Waals surface area contributed by atoms with E-state index in [0.717, 1.165) is 44.5 Å². The molecule has 0 fully saturated rings. The van der Waals surface area contributed by atoms with Crippen LogP contribution >= 0.6 is 12.2 Å². The molecule has 3 rings (SSSR count). The quantitative estimate of drug-likeness (QED) is 0.476. The first-order valence-electron chi connectivity index (χ1n) is 7.76. The van der Waals surface area contributed by atoms with Crippen molar-refractivity contribution in [2.24, 2.45) is 4.99 Å². The van der Waals surface area contributed by atoms with Crippen molar-refractivity contribution in [1.82, 2.24) is 4.98 Å². The summed E-state index contributed by atoms with van der Waals surface area (Å²) in [6.45, 7) is 6.22. The third-order valence-electron chi connectivity index (χ3n) is 4.01. The standard InChI is InChI=1S/C20H20N2S/c1-13-8-10-16(11-9-13)21-14(2)12-18-15(3)22-19-7-5-4-6-17(19)20(18)23/h4-11H,12H2,1-3H3,(H,22,23). The summed E-state index contributed by atoms with van der Waals surface area (Å²) >= 11 is 5.71. The number of para-hydroxylation sites is 1. The number of fused-ring (bicyclic) bond motifs is 1. The molecule has 0 atom stereocenters. The van der Waals surface area contributed by atoms with E-state index in [1.165, 1.54) is 5.56 Å². The average molecular weight is 320 g/mol. The molecule has 0 bridgehead atoms. The number of nitrogens with zero attached hydrogens (tertiary/aromatic N) is 1. The lowest BCUT2D eigenvalue weighted by Gasteiger charge is -2.10. The number of hydrogen-bond donors (Lipinski definition) is 1. The van der Waals surface area contributed by atoms with E-state index < -0.39 is 0 Å². The molecule has 23 heavy (non-hydrogen) atoms. The zero-order chi connectivity index (χ0) is 16.4. The zero-order valence-corrected chi connectivity index (χ0v) is 14.5. The number of benzene rings is 2. The lowest BCUT2D eigenvalue weighted by atomic mass is 10.0. The predicted octanol–water partition coefficient (Wildman–Crippen LogP) is 5.85. The first kappa shape index (κ1) is 15.6. The summed E-state index contributed by atoms with van der Waals surface area (Å²) in [5.74, 6) is 0. The molecule has 0 radical (unpaired) electrons. The molecule has 2 nitrogen and oxygen atoms in total. The van der Waals surface area contributed by atoms with Gasteiger partial charge in [0.25, 0.3) is 0 Å². The Morgan fingerprint density at radius 3 is 2.48 bits per heavy atom. The normalized spacial score (nSPS) is 11.9. The van der Waals surface area contributed by atoms with Crippen molar-refractivity contribution in [2.75, 3.05) is 0 Å². The molecule has 1 N–H and O–H groups in total. The Morgan fingerprint density at radius 1 is 1.04 bits per heavy atom. The number of aromatic amines is 1. The SMILES string of the molecule is CC(Cc1c(C)[nH]c2ccccc2c1=S)=Nc1ccc(C)cc1. The molecule has 0 saturated heterocycles. The van der Waals surface area contributed by atoms with Crippen molar-refractivity contribution in [3.05, 3.63) is 69.9 Å². The Hall–Kier alpha value is -2.26. The molecule has 0 aliphatic carbocycles. The topological polar surface area (TPSA) is 28.1 Å². The van der Waals surface area contributed by atoms with Gasteiger partial charge in [0.2, 0.25) is 0 Å². The molecule has 0 aliphatic rings. The van der Waals surface area contributed by atoms with Crippen LogP contribution in [0.1, 0.15) is 23.7 Å². The van der Waals surface area contributed by atoms with Gasteiger partial charge in [0.1, 0.15) is 0 Å². The number of aryl methyl sites for hydroxylation is 2. The highest BCUT2D eigenvalue weighted by atomic mass is 32.1. The predicted molar refractivity (Wildman–Crippen MR) is 102 cm³/mol. The molecule has 1 heterocycles. The first-order chi connectivity index (χ1) is 11.0. The van der Waals surface area contributed by atoms with E-state index in [4.69, 9.17) is 17.2 Å². The van der Waals surface area contributed by atoms with Crippen molar-refractivity contribution in [2.45, 2.75) is 27.2 Å². The van der Waals surface area contributed by atoms with Gasteiger partial charge in [0.15, 0.2) is 0 Å². The maximum Gasteiger partial charge on any atom is 0.0629 e. The highest BCUT2D eigenvalue weighted by molar-refractivity contribution is 7.71. The molecule has 0 spiro atoms. The number of aliphatic imine (C=N–C) groups is 1. The molecule has 1 aromatic heterocycles. The van der Waals surface area contributed by atoms with Gasteiger partial charge in [-0.25, -0.2) is 0 Å². The maximum atomic E-state index is 5.71. The summed E-state index contributed by atoms with van der Waals surface area (Å²) in [6, 6.07) is 16.5. The van der Waals surface area contributed by atoms with E-state index in [1.54, 1.807) is 0 Å². The highest BCUT2D eigenvalue weighted by Crippen LogP contribution is 2.21. The van der Waals surface area contributed by atoms with Gasteiger partial charge in [-0.2, -0.15) is 0 Å². The molecule has 3 heteroatoms. The summed E-state index contributed by atoms with van der Waals surface area (Å²) in [5.41, 5.74) is 6.66. The highest BCUT2D eigenvalue weighted by Gasteiger charge is 2.07. The number of nitrogens with one attached hydrogen (secondary N) is 1. The third-order valence-corrected chi connectivity index (χ3v) is 4.47. The Bertz CT molecular complexity index is 934. The minimum atomic E-state index is 0.764. The molecule has 3 aromatic rings. The summed E-state index contributed by atoms with van der Waals surface area (Å²) in [5, 5.41) is 1.10. The summed E-state index contributed by atoms with van der Waals surface area (Å²) in [7, 11) is 0. The minimum Gasteiger partial charge on any atom is -0.358 e. The Labute approximate surface area is 141 Å². The van der Waals surface area contributed by atoms with Gasteiger partial charge in [0.05, 0.1) is 10.2 Å². The molecular weight excluding hydrogens is 300 g/mol.